The molecule has 0 bridgehead atoms. The smallest absolute Gasteiger partial charge is 0.261 e. The quantitative estimate of drug-likeness (QED) is 0.568. The molecule has 3 N–H and O–H groups in total. The number of aliphatic hydroxyl groups excluding tert-OH is 2. The Kier molecular flexibility index (Phi) is 3.70. The summed E-state index contributed by atoms with van der Waals surface area (Å²) in [7, 11) is 0. The van der Waals surface area contributed by atoms with Crippen LogP contribution >= 0.6 is 0 Å². The molecule has 3 atom stereocenters. The Morgan fingerprint density at radius 1 is 1.35 bits per heavy atom. The third-order valence-electron chi connectivity index (χ3n) is 6.91. The maximum absolute atomic E-state index is 13.2. The van der Waals surface area contributed by atoms with Gasteiger partial charge in [-0.1, -0.05) is 0 Å². The number of carbonyl (C=O) groups excluding carboxylic acids is 1. The fourth-order valence-corrected chi connectivity index (χ4v) is 4.98. The van der Waals surface area contributed by atoms with Crippen LogP contribution in [0.25, 0.3) is 5.65 Å². The molecule has 6 rings (SSSR count). The molecule has 2 aliphatic heterocycles. The zero-order chi connectivity index (χ0) is 21.4. The van der Waals surface area contributed by atoms with Gasteiger partial charge in [-0.05, 0) is 25.5 Å². The van der Waals surface area contributed by atoms with E-state index in [1.165, 1.54) is 6.20 Å². The highest BCUT2D eigenvalue weighted by atomic mass is 16.5. The number of amides is 1. The van der Waals surface area contributed by atoms with Crippen molar-refractivity contribution in [1.29, 1.82) is 0 Å². The lowest BCUT2D eigenvalue weighted by molar-refractivity contribution is 0.0446. The third-order valence-corrected chi connectivity index (χ3v) is 6.91. The molecule has 2 unspecified atom stereocenters. The lowest BCUT2D eigenvalue weighted by Gasteiger charge is -2.43. The average Bonchev–Trinajstić information content (AvgIpc) is 3.07. The molecule has 1 aliphatic carbocycles. The van der Waals surface area contributed by atoms with Gasteiger partial charge in [0.25, 0.3) is 5.91 Å². The van der Waals surface area contributed by atoms with Crippen LogP contribution in [0.3, 0.4) is 0 Å². The number of fused-ring (bicyclic) bond motifs is 3. The Hall–Kier alpha value is -3.17. The summed E-state index contributed by atoms with van der Waals surface area (Å²) in [5.41, 5.74) is 2.35. The molecule has 3 aromatic rings. The van der Waals surface area contributed by atoms with Crippen LogP contribution in [0.5, 0.6) is 5.75 Å². The van der Waals surface area contributed by atoms with Crippen LogP contribution in [-0.2, 0) is 6.42 Å². The van der Waals surface area contributed by atoms with E-state index >= 15 is 0 Å². The number of benzene rings is 1. The van der Waals surface area contributed by atoms with E-state index in [1.807, 2.05) is 19.1 Å². The van der Waals surface area contributed by atoms with Gasteiger partial charge in [-0.25, -0.2) is 9.50 Å². The lowest BCUT2D eigenvalue weighted by atomic mass is 9.97. The number of anilines is 2. The van der Waals surface area contributed by atoms with Gasteiger partial charge in [0, 0.05) is 42.9 Å². The topological polar surface area (TPSA) is 112 Å². The van der Waals surface area contributed by atoms with Crippen molar-refractivity contribution in [2.24, 2.45) is 5.92 Å². The molecule has 2 fully saturated rings. The Morgan fingerprint density at radius 3 is 2.97 bits per heavy atom. The van der Waals surface area contributed by atoms with E-state index in [0.717, 1.165) is 24.2 Å². The van der Waals surface area contributed by atoms with Crippen LogP contribution in [0.15, 0.2) is 36.8 Å². The maximum atomic E-state index is 13.2. The summed E-state index contributed by atoms with van der Waals surface area (Å²) >= 11 is 0. The summed E-state index contributed by atoms with van der Waals surface area (Å²) in [6, 6.07) is 5.60. The fraction of sp³-hybridized carbons (Fsp3) is 0.409. The molecule has 0 spiro atoms. The second-order valence-electron chi connectivity index (χ2n) is 9.04. The summed E-state index contributed by atoms with van der Waals surface area (Å²) in [6.45, 7) is 2.68. The van der Waals surface area contributed by atoms with Gasteiger partial charge < -0.3 is 25.2 Å². The molecule has 0 radical (unpaired) electrons. The highest BCUT2D eigenvalue weighted by Gasteiger charge is 2.67. The highest BCUT2D eigenvalue weighted by molar-refractivity contribution is 6.09. The average molecular weight is 421 g/mol. The molecule has 1 saturated carbocycles. The van der Waals surface area contributed by atoms with Crippen molar-refractivity contribution in [2.45, 2.75) is 30.9 Å². The lowest BCUT2D eigenvalue weighted by Crippen LogP contribution is -2.53. The molecule has 1 saturated heterocycles. The summed E-state index contributed by atoms with van der Waals surface area (Å²) < 4.78 is 7.59. The van der Waals surface area contributed by atoms with E-state index in [2.05, 4.69) is 20.3 Å². The maximum Gasteiger partial charge on any atom is 0.261 e. The Bertz CT molecular complexity index is 1220. The summed E-state index contributed by atoms with van der Waals surface area (Å²) in [4.78, 5) is 19.6. The molecule has 9 nitrogen and oxygen atoms in total. The number of hydrogen-bond acceptors (Lipinski definition) is 7. The largest absolute Gasteiger partial charge is 0.484 e. The van der Waals surface area contributed by atoms with E-state index < -0.39 is 5.60 Å². The first-order chi connectivity index (χ1) is 15.0. The fourth-order valence-electron chi connectivity index (χ4n) is 4.98. The van der Waals surface area contributed by atoms with Crippen LogP contribution in [-0.4, -0.2) is 61.6 Å². The van der Waals surface area contributed by atoms with E-state index in [1.54, 1.807) is 23.0 Å². The van der Waals surface area contributed by atoms with Gasteiger partial charge in [0.2, 0.25) is 0 Å². The van der Waals surface area contributed by atoms with Gasteiger partial charge >= 0.3 is 0 Å². The third kappa shape index (κ3) is 2.60. The number of hydrogen-bond donors (Lipinski definition) is 3. The van der Waals surface area contributed by atoms with Gasteiger partial charge in [0.15, 0.2) is 5.65 Å². The summed E-state index contributed by atoms with van der Waals surface area (Å²) in [5.74, 6) is 0.894. The predicted octanol–water partition coefficient (Wildman–Crippen LogP) is 1.24. The first kappa shape index (κ1) is 18.6. The van der Waals surface area contributed by atoms with Gasteiger partial charge in [-0.2, -0.15) is 5.10 Å². The van der Waals surface area contributed by atoms with E-state index in [-0.39, 0.29) is 24.7 Å². The second-order valence-corrected chi connectivity index (χ2v) is 9.04. The van der Waals surface area contributed by atoms with E-state index in [4.69, 9.17) is 4.74 Å². The minimum atomic E-state index is -0.680. The number of aliphatic hydroxyl groups is 2. The molecule has 160 valence electrons. The monoisotopic (exact) mass is 421 g/mol. The molecule has 1 aromatic carbocycles. The molecule has 4 heterocycles. The summed E-state index contributed by atoms with van der Waals surface area (Å²) in [6.07, 6.45) is 6.37. The van der Waals surface area contributed by atoms with E-state index in [9.17, 15) is 15.0 Å². The van der Waals surface area contributed by atoms with Crippen molar-refractivity contribution < 1.29 is 19.7 Å². The standard InChI is InChI=1S/C22H23N5O4/c1-21(11-28)7-13-5-16(25-20(30)15-9-24-27-4-2-3-23-19(15)27)17(6-18(13)31-21)26-10-14-8-22(14,26)12-29/h2-6,9,14,28-29H,7-8,10-12H2,1H3,(H,25,30)/t14?,21-,22?/m1/s1. The van der Waals surface area contributed by atoms with Crippen LogP contribution < -0.4 is 15.0 Å². The molecular weight excluding hydrogens is 398 g/mol. The number of nitrogens with one attached hydrogen (secondary N) is 1. The van der Waals surface area contributed by atoms with Crippen LogP contribution in [0, 0.1) is 5.92 Å². The molecule has 9 heteroatoms. The van der Waals surface area contributed by atoms with E-state index in [0.29, 0.717) is 35.0 Å². The van der Waals surface area contributed by atoms with Crippen molar-refractivity contribution in [3.8, 4) is 5.75 Å². The Labute approximate surface area is 178 Å². The number of nitrogens with zero attached hydrogens (tertiary/aromatic N) is 4. The number of aromatic nitrogens is 3. The zero-order valence-electron chi connectivity index (χ0n) is 17.1. The first-order valence-corrected chi connectivity index (χ1v) is 10.4. The van der Waals surface area contributed by atoms with Crippen molar-refractivity contribution in [2.75, 3.05) is 30.0 Å². The van der Waals surface area contributed by atoms with Gasteiger partial charge in [-0.15, -0.1) is 0 Å². The molecular formula is C22H23N5O4. The van der Waals surface area contributed by atoms with Gasteiger partial charge in [-0.3, -0.25) is 4.79 Å². The molecule has 3 aliphatic rings. The highest BCUT2D eigenvalue weighted by Crippen LogP contribution is 2.60. The normalized spacial score (nSPS) is 28.0. The van der Waals surface area contributed by atoms with Gasteiger partial charge in [0.1, 0.15) is 16.9 Å². The zero-order valence-corrected chi connectivity index (χ0v) is 17.1. The molecule has 1 amide bonds. The molecule has 2 aromatic heterocycles. The van der Waals surface area contributed by atoms with Crippen LogP contribution in [0.4, 0.5) is 11.4 Å². The number of carbonyl (C=O) groups is 1. The Balaban J connectivity index is 1.39. The minimum absolute atomic E-state index is 0.0787. The predicted molar refractivity (Wildman–Crippen MR) is 112 cm³/mol. The van der Waals surface area contributed by atoms with Crippen LogP contribution in [0.2, 0.25) is 0 Å². The van der Waals surface area contributed by atoms with Crippen molar-refractivity contribution in [3.05, 3.63) is 47.9 Å². The van der Waals surface area contributed by atoms with Crippen LogP contribution in [0.1, 0.15) is 29.3 Å². The Morgan fingerprint density at radius 2 is 2.23 bits per heavy atom. The minimum Gasteiger partial charge on any atom is -0.484 e. The van der Waals surface area contributed by atoms with Gasteiger partial charge in [0.05, 0.1) is 36.3 Å². The van der Waals surface area contributed by atoms with Crippen molar-refractivity contribution in [3.63, 3.8) is 0 Å². The SMILES string of the molecule is C[C@]1(CO)Cc2cc(NC(=O)c3cnn4cccnc34)c(N3CC4CC43CO)cc2O1. The first-order valence-electron chi connectivity index (χ1n) is 10.4. The van der Waals surface area contributed by atoms with Crippen molar-refractivity contribution in [1.82, 2.24) is 14.6 Å². The number of rotatable bonds is 5. The summed E-state index contributed by atoms with van der Waals surface area (Å²) in [5, 5.41) is 26.9. The molecule has 31 heavy (non-hydrogen) atoms. The van der Waals surface area contributed by atoms with Crippen molar-refractivity contribution >= 4 is 22.9 Å². The second kappa shape index (κ2) is 6.18. The number of ether oxygens (including phenoxy) is 1.